The molecule has 2 rings (SSSR count). The second-order valence-corrected chi connectivity index (χ2v) is 4.67. The molecule has 1 aliphatic rings. The Labute approximate surface area is 97.4 Å². The van der Waals surface area contributed by atoms with Crippen LogP contribution in [0.1, 0.15) is 32.0 Å². The molecule has 1 saturated heterocycles. The molecule has 2 N–H and O–H groups in total. The van der Waals surface area contributed by atoms with Crippen LogP contribution in [0.25, 0.3) is 0 Å². The lowest BCUT2D eigenvalue weighted by molar-refractivity contribution is 0.195. The highest BCUT2D eigenvalue weighted by Crippen LogP contribution is 2.11. The van der Waals surface area contributed by atoms with E-state index >= 15 is 0 Å². The lowest BCUT2D eigenvalue weighted by atomic mass is 10.1. The maximum Gasteiger partial charge on any atom is 0.122 e. The van der Waals surface area contributed by atoms with Gasteiger partial charge in [0.15, 0.2) is 0 Å². The molecule has 0 aliphatic carbocycles. The molecular weight excluding hydrogens is 200 g/mol. The number of nitrogens with two attached hydrogens (primary N) is 1. The fourth-order valence-electron chi connectivity index (χ4n) is 2.37. The Morgan fingerprint density at radius 2 is 2.44 bits per heavy atom. The van der Waals surface area contributed by atoms with Crippen LogP contribution in [0.3, 0.4) is 0 Å². The van der Waals surface area contributed by atoms with E-state index in [-0.39, 0.29) is 0 Å². The molecule has 0 saturated carbocycles. The number of piperidine rings is 1. The summed E-state index contributed by atoms with van der Waals surface area (Å²) in [5, 5.41) is 0. The van der Waals surface area contributed by atoms with Crippen LogP contribution < -0.4 is 5.73 Å². The number of likely N-dealkylation sites (tertiary alicyclic amines) is 1. The van der Waals surface area contributed by atoms with Crippen LogP contribution in [0.2, 0.25) is 0 Å². The number of hydrogen-bond donors (Lipinski definition) is 1. The molecule has 0 bridgehead atoms. The summed E-state index contributed by atoms with van der Waals surface area (Å²) in [5.74, 6) is 1.18. The molecule has 1 atom stereocenters. The molecule has 1 aliphatic heterocycles. The van der Waals surface area contributed by atoms with E-state index in [2.05, 4.69) is 27.6 Å². The summed E-state index contributed by atoms with van der Waals surface area (Å²) < 4.78 is 2.25. The van der Waals surface area contributed by atoms with E-state index in [0.717, 1.165) is 32.6 Å². The molecule has 4 heteroatoms. The zero-order valence-electron chi connectivity index (χ0n) is 10.1. The van der Waals surface area contributed by atoms with E-state index in [1.54, 1.807) is 0 Å². The molecular formula is C12H22N4. The Balaban J connectivity index is 1.94. The molecule has 0 spiro atoms. The van der Waals surface area contributed by atoms with Crippen molar-refractivity contribution in [1.82, 2.24) is 14.5 Å². The van der Waals surface area contributed by atoms with E-state index in [0.29, 0.717) is 6.04 Å². The third-order valence-corrected chi connectivity index (χ3v) is 3.17. The third-order valence-electron chi connectivity index (χ3n) is 3.17. The summed E-state index contributed by atoms with van der Waals surface area (Å²) in [6, 6.07) is 0.350. The second-order valence-electron chi connectivity index (χ2n) is 4.67. The molecule has 16 heavy (non-hydrogen) atoms. The van der Waals surface area contributed by atoms with Crippen molar-refractivity contribution in [1.29, 1.82) is 0 Å². The van der Waals surface area contributed by atoms with E-state index in [1.807, 2.05) is 6.20 Å². The van der Waals surface area contributed by atoms with Crippen molar-refractivity contribution in [3.8, 4) is 0 Å². The topological polar surface area (TPSA) is 47.1 Å². The average molecular weight is 222 g/mol. The van der Waals surface area contributed by atoms with Crippen molar-refractivity contribution in [2.24, 2.45) is 5.73 Å². The van der Waals surface area contributed by atoms with Crippen LogP contribution in [-0.2, 0) is 13.1 Å². The lowest BCUT2D eigenvalue weighted by Gasteiger charge is -2.30. The molecule has 4 nitrogen and oxygen atoms in total. The Kier molecular flexibility index (Phi) is 3.96. The van der Waals surface area contributed by atoms with Gasteiger partial charge in [0.1, 0.15) is 5.82 Å². The van der Waals surface area contributed by atoms with Crippen molar-refractivity contribution in [2.75, 3.05) is 13.1 Å². The highest BCUT2D eigenvalue weighted by Gasteiger charge is 2.17. The van der Waals surface area contributed by atoms with Crippen LogP contribution in [0, 0.1) is 0 Å². The summed E-state index contributed by atoms with van der Waals surface area (Å²) in [4.78, 5) is 6.85. The van der Waals surface area contributed by atoms with Gasteiger partial charge in [-0.05, 0) is 25.8 Å². The first kappa shape index (κ1) is 11.6. The summed E-state index contributed by atoms with van der Waals surface area (Å²) in [6.07, 6.45) is 7.51. The molecule has 90 valence electrons. The normalized spacial score (nSPS) is 22.5. The van der Waals surface area contributed by atoms with Gasteiger partial charge in [-0.25, -0.2) is 4.98 Å². The fraction of sp³-hybridized carbons (Fsp3) is 0.750. The van der Waals surface area contributed by atoms with Crippen molar-refractivity contribution in [2.45, 2.75) is 45.3 Å². The van der Waals surface area contributed by atoms with E-state index in [1.165, 1.54) is 18.7 Å². The smallest absolute Gasteiger partial charge is 0.122 e. The van der Waals surface area contributed by atoms with Crippen LogP contribution in [0.15, 0.2) is 12.4 Å². The second kappa shape index (κ2) is 5.46. The number of hydrogen-bond acceptors (Lipinski definition) is 3. The van der Waals surface area contributed by atoms with Gasteiger partial charge in [-0.15, -0.1) is 0 Å². The van der Waals surface area contributed by atoms with Crippen molar-refractivity contribution in [3.63, 3.8) is 0 Å². The monoisotopic (exact) mass is 222 g/mol. The zero-order chi connectivity index (χ0) is 11.4. The van der Waals surface area contributed by atoms with Gasteiger partial charge in [0.05, 0.1) is 6.54 Å². The molecule has 0 radical (unpaired) electrons. The predicted octanol–water partition coefficient (Wildman–Crippen LogP) is 1.22. The Morgan fingerprint density at radius 3 is 3.19 bits per heavy atom. The maximum absolute atomic E-state index is 5.98. The molecule has 0 amide bonds. The minimum absolute atomic E-state index is 0.350. The van der Waals surface area contributed by atoms with Gasteiger partial charge in [0.25, 0.3) is 0 Å². The van der Waals surface area contributed by atoms with Gasteiger partial charge in [-0.1, -0.05) is 6.92 Å². The molecule has 0 aromatic carbocycles. The molecule has 1 aromatic rings. The highest BCUT2D eigenvalue weighted by molar-refractivity contribution is 4.93. The Bertz CT molecular complexity index is 321. The maximum atomic E-state index is 5.98. The molecule has 1 unspecified atom stereocenters. The van der Waals surface area contributed by atoms with Gasteiger partial charge in [-0.3, -0.25) is 4.90 Å². The van der Waals surface area contributed by atoms with Crippen molar-refractivity contribution >= 4 is 0 Å². The van der Waals surface area contributed by atoms with Crippen molar-refractivity contribution < 1.29 is 0 Å². The quantitative estimate of drug-likeness (QED) is 0.833. The minimum atomic E-state index is 0.350. The van der Waals surface area contributed by atoms with E-state index in [4.69, 9.17) is 5.73 Å². The average Bonchev–Trinajstić information content (AvgIpc) is 2.66. The minimum Gasteiger partial charge on any atom is -0.334 e. The number of imidazole rings is 1. The summed E-state index contributed by atoms with van der Waals surface area (Å²) in [6.45, 7) is 6.38. The van der Waals surface area contributed by atoms with Gasteiger partial charge in [0, 0.05) is 31.5 Å². The van der Waals surface area contributed by atoms with Crippen molar-refractivity contribution in [3.05, 3.63) is 18.2 Å². The number of rotatable bonds is 4. The Morgan fingerprint density at radius 1 is 1.56 bits per heavy atom. The summed E-state index contributed by atoms with van der Waals surface area (Å²) in [7, 11) is 0. The first-order valence-corrected chi connectivity index (χ1v) is 6.27. The molecule has 1 fully saturated rings. The van der Waals surface area contributed by atoms with Gasteiger partial charge < -0.3 is 10.3 Å². The first-order valence-electron chi connectivity index (χ1n) is 6.27. The van der Waals surface area contributed by atoms with Crippen LogP contribution in [0.4, 0.5) is 0 Å². The predicted molar refractivity (Wildman–Crippen MR) is 65.0 cm³/mol. The third kappa shape index (κ3) is 2.83. The van der Waals surface area contributed by atoms with Crippen LogP contribution in [-0.4, -0.2) is 33.6 Å². The summed E-state index contributed by atoms with van der Waals surface area (Å²) in [5.41, 5.74) is 5.98. The van der Waals surface area contributed by atoms with Gasteiger partial charge >= 0.3 is 0 Å². The van der Waals surface area contributed by atoms with Gasteiger partial charge in [-0.2, -0.15) is 0 Å². The SMILES string of the molecule is CCCn1ccnc1CN1CCCC(N)C1. The van der Waals surface area contributed by atoms with E-state index < -0.39 is 0 Å². The first-order chi connectivity index (χ1) is 7.79. The number of aromatic nitrogens is 2. The fourth-order valence-corrected chi connectivity index (χ4v) is 2.37. The number of nitrogens with zero attached hydrogens (tertiary/aromatic N) is 3. The van der Waals surface area contributed by atoms with E-state index in [9.17, 15) is 0 Å². The van der Waals surface area contributed by atoms with Crippen LogP contribution >= 0.6 is 0 Å². The van der Waals surface area contributed by atoms with Gasteiger partial charge in [0.2, 0.25) is 0 Å². The summed E-state index contributed by atoms with van der Waals surface area (Å²) >= 11 is 0. The standard InChI is InChI=1S/C12H22N4/c1-2-6-16-8-5-14-12(16)10-15-7-3-4-11(13)9-15/h5,8,11H,2-4,6-7,9-10,13H2,1H3. The zero-order valence-corrected chi connectivity index (χ0v) is 10.1. The molecule has 1 aromatic heterocycles. The lowest BCUT2D eigenvalue weighted by Crippen LogP contribution is -2.42. The van der Waals surface area contributed by atoms with Crippen LogP contribution in [0.5, 0.6) is 0 Å². The largest absolute Gasteiger partial charge is 0.334 e. The highest BCUT2D eigenvalue weighted by atomic mass is 15.2. The molecule has 2 heterocycles. The number of aryl methyl sites for hydroxylation is 1. The Hall–Kier alpha value is -0.870.